The SMILES string of the molecule is [C-]#[N+]c1ccccc1N(c1c(F)cc(-c2ccccc2C)cc1-c1ccccc1C)c1ccc2ccc3c(N(c4ccccc4C#N)c4c(F)cc(-c5ccccc5C)cc4-c4ccccc4C)ccc4ccc1c2c43. The highest BCUT2D eigenvalue weighted by Gasteiger charge is 2.30. The van der Waals surface area contributed by atoms with Crippen molar-refractivity contribution in [3.63, 3.8) is 0 Å². The molecule has 76 heavy (non-hydrogen) atoms. The van der Waals surface area contributed by atoms with Gasteiger partial charge in [-0.05, 0) is 159 Å². The molecule has 0 spiro atoms. The van der Waals surface area contributed by atoms with Crippen LogP contribution in [0.5, 0.6) is 0 Å². The Labute approximate surface area is 441 Å². The van der Waals surface area contributed by atoms with Gasteiger partial charge in [-0.3, -0.25) is 0 Å². The van der Waals surface area contributed by atoms with E-state index in [1.807, 2.05) is 183 Å². The van der Waals surface area contributed by atoms with E-state index in [1.165, 1.54) is 0 Å². The summed E-state index contributed by atoms with van der Waals surface area (Å²) in [6.07, 6.45) is 0. The molecule has 0 atom stereocenters. The highest BCUT2D eigenvalue weighted by molar-refractivity contribution is 6.28. The number of halogens is 2. The van der Waals surface area contributed by atoms with Crippen LogP contribution in [0.4, 0.5) is 48.6 Å². The molecule has 0 aromatic heterocycles. The summed E-state index contributed by atoms with van der Waals surface area (Å²) >= 11 is 0. The Kier molecular flexibility index (Phi) is 11.9. The fourth-order valence-electron chi connectivity index (χ4n) is 11.3. The first-order chi connectivity index (χ1) is 37.1. The zero-order chi connectivity index (χ0) is 52.2. The minimum atomic E-state index is -0.450. The topological polar surface area (TPSA) is 34.6 Å². The lowest BCUT2D eigenvalue weighted by molar-refractivity contribution is 0.629. The number of hydrogen-bond acceptors (Lipinski definition) is 3. The van der Waals surface area contributed by atoms with Gasteiger partial charge in [0.1, 0.15) is 17.7 Å². The summed E-state index contributed by atoms with van der Waals surface area (Å²) in [6.45, 7) is 16.6. The fraction of sp³-hybridized carbons (Fsp3) is 0.0571. The Morgan fingerprint density at radius 3 is 1.22 bits per heavy atom. The van der Waals surface area contributed by atoms with Crippen LogP contribution in [0.15, 0.2) is 218 Å². The van der Waals surface area contributed by atoms with E-state index in [9.17, 15) is 5.26 Å². The summed E-state index contributed by atoms with van der Waals surface area (Å²) < 4.78 is 36.2. The molecule has 0 amide bonds. The van der Waals surface area contributed by atoms with Crippen LogP contribution in [0.2, 0.25) is 0 Å². The Bertz CT molecular complexity index is 4090. The van der Waals surface area contributed by atoms with Gasteiger partial charge in [0, 0.05) is 21.9 Å². The molecule has 0 unspecified atom stereocenters. The second kappa shape index (κ2) is 19.2. The van der Waals surface area contributed by atoms with Crippen LogP contribution in [0.1, 0.15) is 27.8 Å². The molecule has 0 aliphatic rings. The van der Waals surface area contributed by atoms with E-state index in [-0.39, 0.29) is 0 Å². The second-order valence-corrected chi connectivity index (χ2v) is 19.5. The van der Waals surface area contributed by atoms with Crippen molar-refractivity contribution in [2.24, 2.45) is 0 Å². The molecule has 4 nitrogen and oxygen atoms in total. The van der Waals surface area contributed by atoms with Crippen LogP contribution in [0, 0.1) is 57.2 Å². The third-order valence-corrected chi connectivity index (χ3v) is 15.0. The Morgan fingerprint density at radius 1 is 0.395 bits per heavy atom. The van der Waals surface area contributed by atoms with E-state index >= 15 is 8.78 Å². The number of anilines is 6. The third-order valence-electron chi connectivity index (χ3n) is 15.0. The summed E-state index contributed by atoms with van der Waals surface area (Å²) in [5, 5.41) is 16.2. The normalized spacial score (nSPS) is 11.3. The van der Waals surface area contributed by atoms with Crippen molar-refractivity contribution in [2.75, 3.05) is 9.80 Å². The van der Waals surface area contributed by atoms with Crippen molar-refractivity contribution in [1.29, 1.82) is 5.26 Å². The van der Waals surface area contributed by atoms with Crippen LogP contribution < -0.4 is 9.80 Å². The second-order valence-electron chi connectivity index (χ2n) is 19.5. The average Bonchev–Trinajstić information content (AvgIpc) is 3.58. The number of benzene rings is 12. The van der Waals surface area contributed by atoms with Gasteiger partial charge in [-0.1, -0.05) is 164 Å². The molecule has 0 aliphatic carbocycles. The number of rotatable bonds is 10. The van der Waals surface area contributed by atoms with E-state index in [0.717, 1.165) is 88.0 Å². The zero-order valence-electron chi connectivity index (χ0n) is 42.3. The lowest BCUT2D eigenvalue weighted by Crippen LogP contribution is -2.16. The van der Waals surface area contributed by atoms with Crippen molar-refractivity contribution in [1.82, 2.24) is 0 Å². The lowest BCUT2D eigenvalue weighted by Gasteiger charge is -2.32. The molecule has 0 N–H and O–H groups in total. The van der Waals surface area contributed by atoms with E-state index in [4.69, 9.17) is 6.57 Å². The summed E-state index contributed by atoms with van der Waals surface area (Å²) in [4.78, 5) is 7.87. The van der Waals surface area contributed by atoms with Crippen LogP contribution in [-0.4, -0.2) is 0 Å². The maximum atomic E-state index is 18.1. The molecule has 0 heterocycles. The van der Waals surface area contributed by atoms with Crippen LogP contribution in [0.3, 0.4) is 0 Å². The predicted molar refractivity (Wildman–Crippen MR) is 311 cm³/mol. The van der Waals surface area contributed by atoms with Crippen molar-refractivity contribution in [3.8, 4) is 50.6 Å². The van der Waals surface area contributed by atoms with E-state index in [2.05, 4.69) is 59.4 Å². The van der Waals surface area contributed by atoms with E-state index in [0.29, 0.717) is 56.5 Å². The van der Waals surface area contributed by atoms with Gasteiger partial charge in [-0.15, -0.1) is 0 Å². The summed E-state index contributed by atoms with van der Waals surface area (Å²) in [5.74, 6) is -0.896. The highest BCUT2D eigenvalue weighted by Crippen LogP contribution is 2.53. The number of aryl methyl sites for hydroxylation is 4. The predicted octanol–water partition coefficient (Wildman–Crippen LogP) is 20.1. The maximum Gasteiger partial charge on any atom is 0.210 e. The van der Waals surface area contributed by atoms with Crippen LogP contribution >= 0.6 is 0 Å². The van der Waals surface area contributed by atoms with Gasteiger partial charge in [-0.2, -0.15) is 5.26 Å². The smallest absolute Gasteiger partial charge is 0.210 e. The summed E-state index contributed by atoms with van der Waals surface area (Å²) in [7, 11) is 0. The van der Waals surface area contributed by atoms with Gasteiger partial charge in [0.15, 0.2) is 0 Å². The van der Waals surface area contributed by atoms with Crippen molar-refractivity contribution in [3.05, 3.63) is 269 Å². The minimum absolute atomic E-state index is 0.306. The van der Waals surface area contributed by atoms with Gasteiger partial charge in [0.25, 0.3) is 0 Å². The molecule has 0 bridgehead atoms. The Morgan fingerprint density at radius 2 is 0.776 bits per heavy atom. The first-order valence-electron chi connectivity index (χ1n) is 25.3. The molecule has 362 valence electrons. The maximum absolute atomic E-state index is 18.1. The molecular formula is C70H48F2N4. The van der Waals surface area contributed by atoms with Gasteiger partial charge < -0.3 is 9.80 Å². The van der Waals surface area contributed by atoms with Crippen molar-refractivity contribution in [2.45, 2.75) is 27.7 Å². The number of nitrogens with zero attached hydrogens (tertiary/aromatic N) is 4. The third kappa shape index (κ3) is 7.87. The molecule has 12 aromatic rings. The Balaban J connectivity index is 1.16. The molecule has 12 aromatic carbocycles. The van der Waals surface area contributed by atoms with Crippen LogP contribution in [-0.2, 0) is 0 Å². The standard InChI is InChI=1S/C70H48F2N4/c1-43-18-6-11-23-52(43)50-38-58(54-25-13-8-20-45(54)3)69(60(71)40-50)75(63-28-16-10-22-49(63)42-73)64-36-32-47-31-35-57-65(37-33-48-30-34-56(64)67(47)68(48)57)76(66-29-17-15-27-62(66)74-5)70-59(55-26-14-9-21-46(55)4)39-51(41-61(70)72)53-24-12-7-19-44(53)2/h6-41H,1-4H3. The summed E-state index contributed by atoms with van der Waals surface area (Å²) in [5.41, 5.74) is 14.1. The molecular weight excluding hydrogens is 935 g/mol. The number of para-hydroxylation sites is 3. The molecule has 0 radical (unpaired) electrons. The lowest BCUT2D eigenvalue weighted by atomic mass is 9.89. The molecule has 0 aliphatic heterocycles. The van der Waals surface area contributed by atoms with Crippen molar-refractivity contribution < 1.29 is 8.78 Å². The van der Waals surface area contributed by atoms with Gasteiger partial charge in [-0.25, -0.2) is 13.6 Å². The molecule has 0 saturated carbocycles. The van der Waals surface area contributed by atoms with E-state index in [1.54, 1.807) is 24.3 Å². The monoisotopic (exact) mass is 982 g/mol. The first kappa shape index (κ1) is 47.1. The summed E-state index contributed by atoms with van der Waals surface area (Å²) in [6, 6.07) is 73.1. The van der Waals surface area contributed by atoms with Crippen molar-refractivity contribution >= 4 is 72.1 Å². The fourth-order valence-corrected chi connectivity index (χ4v) is 11.3. The molecule has 0 saturated heterocycles. The van der Waals surface area contributed by atoms with E-state index < -0.39 is 11.6 Å². The number of nitriles is 1. The average molecular weight is 983 g/mol. The first-order valence-corrected chi connectivity index (χ1v) is 25.3. The quantitative estimate of drug-likeness (QED) is 0.101. The van der Waals surface area contributed by atoms with Gasteiger partial charge in [0.05, 0.1) is 46.3 Å². The highest BCUT2D eigenvalue weighted by atomic mass is 19.1. The molecule has 0 fully saturated rings. The molecule has 12 rings (SSSR count). The Hall–Kier alpha value is -9.88. The van der Waals surface area contributed by atoms with Gasteiger partial charge in [0.2, 0.25) is 5.69 Å². The molecule has 6 heteroatoms. The van der Waals surface area contributed by atoms with Crippen LogP contribution in [0.25, 0.3) is 81.7 Å². The van der Waals surface area contributed by atoms with Gasteiger partial charge >= 0.3 is 0 Å². The minimum Gasteiger partial charge on any atom is -0.317 e. The largest absolute Gasteiger partial charge is 0.317 e. The number of hydrogen-bond donors (Lipinski definition) is 0. The zero-order valence-corrected chi connectivity index (χ0v) is 42.3.